The van der Waals surface area contributed by atoms with Crippen molar-refractivity contribution in [2.45, 2.75) is 71.3 Å². The highest BCUT2D eigenvalue weighted by Gasteiger charge is 2.38. The summed E-state index contributed by atoms with van der Waals surface area (Å²) in [4.78, 5) is 12.6. The van der Waals surface area contributed by atoms with Gasteiger partial charge >= 0.3 is 0 Å². The van der Waals surface area contributed by atoms with E-state index in [1.807, 2.05) is 0 Å². The maximum absolute atomic E-state index is 12.6. The lowest BCUT2D eigenvalue weighted by molar-refractivity contribution is -0.131. The molecule has 0 bridgehead atoms. The van der Waals surface area contributed by atoms with Gasteiger partial charge in [-0.25, -0.2) is 0 Å². The van der Waals surface area contributed by atoms with Gasteiger partial charge in [0, 0.05) is 24.5 Å². The van der Waals surface area contributed by atoms with E-state index in [-0.39, 0.29) is 35.8 Å². The van der Waals surface area contributed by atoms with Crippen molar-refractivity contribution in [3.05, 3.63) is 0 Å². The van der Waals surface area contributed by atoms with Crippen molar-refractivity contribution in [3.8, 4) is 0 Å². The molecule has 2 fully saturated rings. The number of aliphatic hydroxyl groups excluding tert-OH is 1. The molecule has 3 heteroatoms. The summed E-state index contributed by atoms with van der Waals surface area (Å²) in [5.41, 5.74) is 0.131. The predicted molar refractivity (Wildman–Crippen MR) is 76.7 cm³/mol. The second-order valence-corrected chi connectivity index (χ2v) is 7.13. The maximum atomic E-state index is 12.6. The first-order chi connectivity index (χ1) is 9.04. The van der Waals surface area contributed by atoms with E-state index in [4.69, 9.17) is 0 Å². The quantitative estimate of drug-likeness (QED) is 0.826. The Morgan fingerprint density at radius 2 is 1.84 bits per heavy atom. The van der Waals surface area contributed by atoms with Crippen LogP contribution in [0, 0.1) is 17.3 Å². The Bertz CT molecular complexity index is 314. The molecule has 2 N–H and O–H groups in total. The Hall–Kier alpha value is -0.570. The van der Waals surface area contributed by atoms with Crippen molar-refractivity contribution in [2.75, 3.05) is 6.61 Å². The van der Waals surface area contributed by atoms with Gasteiger partial charge in [-0.2, -0.15) is 0 Å². The Balaban J connectivity index is 1.95. The highest BCUT2D eigenvalue weighted by atomic mass is 16.3. The summed E-state index contributed by atoms with van der Waals surface area (Å²) in [7, 11) is 0. The molecule has 0 aromatic rings. The zero-order valence-corrected chi connectivity index (χ0v) is 12.5. The SMILES string of the molecule is CC1(C)CCCCC1C(=O)NC1CCCCC1CO. The first-order valence-electron chi connectivity index (χ1n) is 7.96. The minimum absolute atomic E-state index is 0.131. The van der Waals surface area contributed by atoms with Crippen LogP contribution < -0.4 is 5.32 Å². The normalized spacial score (nSPS) is 34.8. The molecule has 2 aliphatic carbocycles. The van der Waals surface area contributed by atoms with E-state index in [9.17, 15) is 9.90 Å². The van der Waals surface area contributed by atoms with Crippen LogP contribution in [0.1, 0.15) is 65.2 Å². The molecule has 0 saturated heterocycles. The molecule has 110 valence electrons. The fourth-order valence-electron chi connectivity index (χ4n) is 3.88. The fourth-order valence-corrected chi connectivity index (χ4v) is 3.88. The standard InChI is InChI=1S/C16H29NO2/c1-16(2)10-6-5-8-13(16)15(19)17-14-9-4-3-7-12(14)11-18/h12-14,18H,3-11H2,1-2H3,(H,17,19). The smallest absolute Gasteiger partial charge is 0.223 e. The molecule has 2 aliphatic rings. The minimum Gasteiger partial charge on any atom is -0.396 e. The number of nitrogens with one attached hydrogen (secondary N) is 1. The monoisotopic (exact) mass is 267 g/mol. The Morgan fingerprint density at radius 1 is 1.16 bits per heavy atom. The van der Waals surface area contributed by atoms with Gasteiger partial charge in [0.25, 0.3) is 0 Å². The average Bonchev–Trinajstić information content (AvgIpc) is 2.38. The van der Waals surface area contributed by atoms with Crippen LogP contribution in [-0.4, -0.2) is 23.7 Å². The summed E-state index contributed by atoms with van der Waals surface area (Å²) < 4.78 is 0. The zero-order valence-electron chi connectivity index (χ0n) is 12.5. The maximum Gasteiger partial charge on any atom is 0.223 e. The molecule has 3 nitrogen and oxygen atoms in total. The lowest BCUT2D eigenvalue weighted by Gasteiger charge is -2.39. The molecule has 2 rings (SSSR count). The van der Waals surface area contributed by atoms with Crippen LogP contribution in [-0.2, 0) is 4.79 Å². The van der Waals surface area contributed by atoms with Crippen molar-refractivity contribution >= 4 is 5.91 Å². The summed E-state index contributed by atoms with van der Waals surface area (Å²) in [5, 5.41) is 12.7. The van der Waals surface area contributed by atoms with E-state index in [1.165, 1.54) is 25.7 Å². The van der Waals surface area contributed by atoms with Crippen LogP contribution in [0.25, 0.3) is 0 Å². The number of aliphatic hydroxyl groups is 1. The van der Waals surface area contributed by atoms with Crippen molar-refractivity contribution < 1.29 is 9.90 Å². The molecule has 0 aromatic carbocycles. The van der Waals surface area contributed by atoms with Gasteiger partial charge in [-0.05, 0) is 31.1 Å². The van der Waals surface area contributed by atoms with Gasteiger partial charge in [0.2, 0.25) is 5.91 Å². The van der Waals surface area contributed by atoms with E-state index in [2.05, 4.69) is 19.2 Å². The van der Waals surface area contributed by atoms with Gasteiger partial charge in [-0.1, -0.05) is 39.5 Å². The molecule has 0 aromatic heterocycles. The van der Waals surface area contributed by atoms with Gasteiger partial charge in [0.1, 0.15) is 0 Å². The highest BCUT2D eigenvalue weighted by molar-refractivity contribution is 5.79. The number of hydrogen-bond donors (Lipinski definition) is 2. The molecule has 2 saturated carbocycles. The molecule has 0 spiro atoms. The summed E-state index contributed by atoms with van der Waals surface area (Å²) in [6, 6.07) is 0.198. The molecule has 0 radical (unpaired) electrons. The second-order valence-electron chi connectivity index (χ2n) is 7.13. The minimum atomic E-state index is 0.131. The first kappa shape index (κ1) is 14.8. The van der Waals surface area contributed by atoms with E-state index < -0.39 is 0 Å². The van der Waals surface area contributed by atoms with Gasteiger partial charge in [-0.15, -0.1) is 0 Å². The lowest BCUT2D eigenvalue weighted by Crippen LogP contribution is -2.49. The van der Waals surface area contributed by atoms with Gasteiger partial charge in [0.05, 0.1) is 0 Å². The van der Waals surface area contributed by atoms with E-state index in [0.29, 0.717) is 0 Å². The average molecular weight is 267 g/mol. The molecule has 3 atom stereocenters. The van der Waals surface area contributed by atoms with E-state index in [1.54, 1.807) is 0 Å². The molecule has 1 amide bonds. The number of amides is 1. The Kier molecular flexibility index (Phi) is 4.88. The summed E-state index contributed by atoms with van der Waals surface area (Å²) in [5.74, 6) is 0.655. The van der Waals surface area contributed by atoms with Crippen LogP contribution in [0.15, 0.2) is 0 Å². The third-order valence-electron chi connectivity index (χ3n) is 5.29. The van der Waals surface area contributed by atoms with E-state index >= 15 is 0 Å². The lowest BCUT2D eigenvalue weighted by atomic mass is 9.68. The number of rotatable bonds is 3. The fraction of sp³-hybridized carbons (Fsp3) is 0.938. The molecule has 0 heterocycles. The van der Waals surface area contributed by atoms with Crippen molar-refractivity contribution in [2.24, 2.45) is 17.3 Å². The third-order valence-corrected chi connectivity index (χ3v) is 5.29. The number of carbonyl (C=O) groups excluding carboxylic acids is 1. The largest absolute Gasteiger partial charge is 0.396 e. The van der Waals surface area contributed by atoms with Crippen LogP contribution in [0.2, 0.25) is 0 Å². The Labute approximate surface area is 117 Å². The third kappa shape index (κ3) is 3.50. The second kappa shape index (κ2) is 6.25. The van der Waals surface area contributed by atoms with Gasteiger partial charge in [-0.3, -0.25) is 4.79 Å². The number of hydrogen-bond acceptors (Lipinski definition) is 2. The zero-order chi connectivity index (χ0) is 13.9. The molecular weight excluding hydrogens is 238 g/mol. The predicted octanol–water partition coefficient (Wildman–Crippen LogP) is 2.87. The van der Waals surface area contributed by atoms with Gasteiger partial charge in [0.15, 0.2) is 0 Å². The number of carbonyl (C=O) groups is 1. The van der Waals surface area contributed by atoms with Crippen LogP contribution in [0.3, 0.4) is 0 Å². The summed E-state index contributed by atoms with van der Waals surface area (Å²) >= 11 is 0. The summed E-state index contributed by atoms with van der Waals surface area (Å²) in [6.45, 7) is 4.65. The van der Waals surface area contributed by atoms with E-state index in [0.717, 1.165) is 25.7 Å². The van der Waals surface area contributed by atoms with Crippen molar-refractivity contribution in [1.82, 2.24) is 5.32 Å². The Morgan fingerprint density at radius 3 is 2.53 bits per heavy atom. The topological polar surface area (TPSA) is 49.3 Å². The highest BCUT2D eigenvalue weighted by Crippen LogP contribution is 2.40. The van der Waals surface area contributed by atoms with Gasteiger partial charge < -0.3 is 10.4 Å². The van der Waals surface area contributed by atoms with Crippen LogP contribution in [0.4, 0.5) is 0 Å². The first-order valence-corrected chi connectivity index (χ1v) is 7.96. The molecule has 3 unspecified atom stereocenters. The molecule has 19 heavy (non-hydrogen) atoms. The van der Waals surface area contributed by atoms with Crippen LogP contribution in [0.5, 0.6) is 0 Å². The summed E-state index contributed by atoms with van der Waals surface area (Å²) in [6.07, 6.45) is 9.05. The molecule has 0 aliphatic heterocycles. The van der Waals surface area contributed by atoms with Crippen molar-refractivity contribution in [1.29, 1.82) is 0 Å². The molecular formula is C16H29NO2. The van der Waals surface area contributed by atoms with Crippen molar-refractivity contribution in [3.63, 3.8) is 0 Å². The van der Waals surface area contributed by atoms with Crippen LogP contribution >= 0.6 is 0 Å².